The number of aromatic amines is 1. The van der Waals surface area contributed by atoms with Crippen molar-refractivity contribution in [2.75, 3.05) is 83.1 Å². The first kappa shape index (κ1) is 71.9. The Morgan fingerprint density at radius 3 is 1.45 bits per heavy atom. The van der Waals surface area contributed by atoms with E-state index in [2.05, 4.69) is 50.5 Å². The van der Waals surface area contributed by atoms with Crippen LogP contribution in [0.4, 0.5) is 0 Å². The number of aryl methyl sites for hydroxylation is 1. The third kappa shape index (κ3) is 18.9. The molecule has 2 aromatic heterocycles. The Labute approximate surface area is 565 Å². The van der Waals surface area contributed by atoms with E-state index >= 15 is 0 Å². The van der Waals surface area contributed by atoms with Crippen LogP contribution in [0, 0.1) is 23.7 Å². The molecule has 2 unspecified atom stereocenters. The van der Waals surface area contributed by atoms with Gasteiger partial charge in [-0.2, -0.15) is 0 Å². The number of piperidine rings is 2. The number of allylic oxidation sites excluding steroid dienone is 1. The molecule has 2 aliphatic heterocycles. The molecule has 0 radical (unpaired) electrons. The Hall–Kier alpha value is -8.90. The van der Waals surface area contributed by atoms with Gasteiger partial charge in [-0.25, -0.2) is 4.98 Å². The maximum atomic E-state index is 12.9. The van der Waals surface area contributed by atoms with Crippen molar-refractivity contribution in [3.05, 3.63) is 195 Å². The van der Waals surface area contributed by atoms with Gasteiger partial charge in [-0.1, -0.05) is 30.3 Å². The van der Waals surface area contributed by atoms with Crippen LogP contribution in [0.1, 0.15) is 132 Å². The minimum atomic E-state index is -1.92. The van der Waals surface area contributed by atoms with Gasteiger partial charge in [0.1, 0.15) is 6.29 Å². The number of Topliss-reactive ketones (excluding diaryl/α,β-unsaturated/α-hetero) is 4. The van der Waals surface area contributed by atoms with Gasteiger partial charge in [0.25, 0.3) is 0 Å². The van der Waals surface area contributed by atoms with Crippen LogP contribution in [0.5, 0.6) is 46.0 Å². The summed E-state index contributed by atoms with van der Waals surface area (Å²) in [5, 5.41) is 2.37. The first-order valence-corrected chi connectivity index (χ1v) is 33.7. The average molecular weight is 1480 g/mol. The van der Waals surface area contributed by atoms with E-state index in [1.54, 1.807) is 93.5 Å². The summed E-state index contributed by atoms with van der Waals surface area (Å²) in [4.78, 5) is 68.7. The van der Waals surface area contributed by atoms with Gasteiger partial charge in [-0.3, -0.25) is 33.9 Å². The monoisotopic (exact) mass is 1480 g/mol. The second kappa shape index (κ2) is 36.1. The average Bonchev–Trinajstić information content (AvgIpc) is 1.66. The summed E-state index contributed by atoms with van der Waals surface area (Å²) < 4.78 is 59.2. The summed E-state index contributed by atoms with van der Waals surface area (Å²) in [6.07, 6.45) is 20.2. The molecule has 6 aliphatic rings. The standard InChI is InChI=1S/C24H29NO3.C17H23NO3.C17H15NO3.C11H12O3.C6H5NO.2O.Pt.H2/c1-27-22-14-19-13-20(24(26)21(19)15-23(22)28-2)12-17-8-10-25(11-9-17)16-18-6-4-3-5-7-18;2*1-20-15-9-12-8-13(7-11-3-5-18-6-4-11)17(19)14(12)10-16(15)21-2;1-13-10-5-7-3-4-9(12)8(7)6-11(10)14-2;8-5-6-1-3-7-4-2-6;;;;/h3-7,14-15,17,20H,8-13,16H2,1-2H3;9-11,13,18H,3-8H2,1-2H3;3-7,9-10H,8H2,1-2H3;5-6H,3-4H2,1-2H3;1-5H;;;;1H/p+2/b;;13-7+;;;;;;. The molecule has 0 amide bonds. The first-order chi connectivity index (χ1) is 46.2. The molecule has 5 aromatic carbocycles. The summed E-state index contributed by atoms with van der Waals surface area (Å²) >= 11 is -1.92. The molecule has 4 aliphatic carbocycles. The van der Waals surface area contributed by atoms with Crippen LogP contribution in [0.3, 0.4) is 0 Å². The van der Waals surface area contributed by atoms with Crippen molar-refractivity contribution in [1.82, 2.24) is 9.88 Å². The van der Waals surface area contributed by atoms with E-state index in [0.717, 1.165) is 114 Å². The molecule has 7 aromatic rings. The predicted molar refractivity (Wildman–Crippen MR) is 354 cm³/mol. The normalized spacial score (nSPS) is 17.2. The Bertz CT molecular complexity index is 3840. The molecule has 20 heteroatoms. The SMILES string of the molecule is COc1cc2c(cc1OC)C(=O)/C(=C/c1cc[nH+]cc1)C2.COc1cc2c(cc1OC)C(=O)C(CC1CCN(Cc3ccccc3)CC1)C2.COc1cc2c(cc1OC)C(=O)C(CC1CC[NH2+]CC1)C2.COc1cc2c(cc1OC)C(=O)CC2.O=Cc1ccncc1.[HH].[O]=[Pt]=[O]. The second-order valence-electron chi connectivity index (χ2n) is 23.9. The topological polar surface area (TPSA) is 240 Å². The van der Waals surface area contributed by atoms with E-state index < -0.39 is 18.5 Å². The van der Waals surface area contributed by atoms with Gasteiger partial charge in [0.05, 0.1) is 70.0 Å². The zero-order chi connectivity index (χ0) is 67.8. The van der Waals surface area contributed by atoms with Crippen molar-refractivity contribution in [2.24, 2.45) is 23.7 Å². The molecular formula is C75H88N4O15Pt+2. The van der Waals surface area contributed by atoms with Crippen LogP contribution in [0.15, 0.2) is 133 Å². The van der Waals surface area contributed by atoms with Gasteiger partial charge < -0.3 is 43.2 Å². The number of pyridine rings is 2. The van der Waals surface area contributed by atoms with Crippen LogP contribution >= 0.6 is 0 Å². The fourth-order valence-electron chi connectivity index (χ4n) is 13.2. The molecule has 2 saturated heterocycles. The number of benzene rings is 5. The maximum absolute atomic E-state index is 12.9. The van der Waals surface area contributed by atoms with Crippen molar-refractivity contribution in [2.45, 2.75) is 77.2 Å². The number of H-pyrrole nitrogens is 1. The van der Waals surface area contributed by atoms with Crippen LogP contribution in [0.25, 0.3) is 6.08 Å². The van der Waals surface area contributed by atoms with Crippen LogP contribution < -0.4 is 48.2 Å². The molecule has 4 heterocycles. The fourth-order valence-corrected chi connectivity index (χ4v) is 13.2. The third-order valence-corrected chi connectivity index (χ3v) is 18.2. The molecule has 2 atom stereocenters. The molecule has 2 fully saturated rings. The summed E-state index contributed by atoms with van der Waals surface area (Å²) in [6, 6.07) is 32.8. The molecule has 95 heavy (non-hydrogen) atoms. The molecule has 0 saturated carbocycles. The zero-order valence-electron chi connectivity index (χ0n) is 55.3. The van der Waals surface area contributed by atoms with Crippen molar-refractivity contribution < 1.29 is 98.9 Å². The Morgan fingerprint density at radius 1 is 0.537 bits per heavy atom. The molecule has 506 valence electrons. The summed E-state index contributed by atoms with van der Waals surface area (Å²) in [5.41, 5.74) is 11.2. The number of fused-ring (bicyclic) bond motifs is 4. The minimum absolute atomic E-state index is 0. The molecule has 13 rings (SSSR count). The first-order valence-electron chi connectivity index (χ1n) is 31.8. The van der Waals surface area contributed by atoms with Crippen molar-refractivity contribution in [1.29, 1.82) is 0 Å². The molecule has 3 N–H and O–H groups in total. The summed E-state index contributed by atoms with van der Waals surface area (Å²) in [7, 11) is 12.8. The number of rotatable bonds is 16. The number of hydrogen-bond donors (Lipinski definition) is 1. The van der Waals surface area contributed by atoms with Gasteiger partial charge >= 0.3 is 25.3 Å². The summed E-state index contributed by atoms with van der Waals surface area (Å²) in [6.45, 7) is 5.69. The van der Waals surface area contributed by atoms with E-state index in [1.165, 1.54) is 44.3 Å². The number of nitrogens with one attached hydrogen (secondary N) is 1. The number of ketones is 4. The van der Waals surface area contributed by atoms with E-state index in [-0.39, 0.29) is 30.6 Å². The van der Waals surface area contributed by atoms with Crippen molar-refractivity contribution >= 4 is 35.5 Å². The number of nitrogens with two attached hydrogens (primary N) is 1. The zero-order valence-corrected chi connectivity index (χ0v) is 57.6. The number of aromatic nitrogens is 2. The number of quaternary nitrogens is 1. The van der Waals surface area contributed by atoms with E-state index in [9.17, 15) is 24.0 Å². The van der Waals surface area contributed by atoms with Gasteiger partial charge in [0.2, 0.25) is 0 Å². The quantitative estimate of drug-likeness (QED) is 0.0698. The number of methoxy groups -OCH3 is 8. The van der Waals surface area contributed by atoms with Crippen LogP contribution in [0.2, 0.25) is 0 Å². The number of aldehydes is 1. The number of likely N-dealkylation sites (tertiary alicyclic amines) is 1. The Balaban J connectivity index is 0.000000174. The Morgan fingerprint density at radius 2 is 0.979 bits per heavy atom. The molecule has 0 spiro atoms. The second-order valence-corrected chi connectivity index (χ2v) is 24.2. The van der Waals surface area contributed by atoms with Crippen LogP contribution in [-0.4, -0.2) is 122 Å². The van der Waals surface area contributed by atoms with Gasteiger partial charge in [-0.05, 0) is 183 Å². The predicted octanol–water partition coefficient (Wildman–Crippen LogP) is 10.9. The van der Waals surface area contributed by atoms with E-state index in [4.69, 9.17) is 44.7 Å². The summed E-state index contributed by atoms with van der Waals surface area (Å²) in [5.74, 6) is 7.71. The number of carbonyl (C=O) groups excluding carboxylic acids is 5. The van der Waals surface area contributed by atoms with E-state index in [0.29, 0.717) is 81.8 Å². The number of hydrogen-bond acceptors (Lipinski definition) is 17. The molecule has 19 nitrogen and oxygen atoms in total. The van der Waals surface area contributed by atoms with Crippen LogP contribution in [-0.2, 0) is 57.5 Å². The Kier molecular flexibility index (Phi) is 27.3. The van der Waals surface area contributed by atoms with Gasteiger partial charge in [0, 0.05) is 90.6 Å². The number of carbonyl (C=O) groups is 5. The molecule has 0 bridgehead atoms. The number of nitrogens with zero attached hydrogens (tertiary/aromatic N) is 2. The molecular weight excluding hydrogens is 1390 g/mol. The van der Waals surface area contributed by atoms with Crippen molar-refractivity contribution in [3.8, 4) is 46.0 Å². The van der Waals surface area contributed by atoms with Crippen molar-refractivity contribution in [3.63, 3.8) is 0 Å². The number of ether oxygens (including phenoxy) is 8. The fraction of sp³-hybridized carbons (Fsp3) is 0.373. The van der Waals surface area contributed by atoms with Gasteiger partial charge in [-0.15, -0.1) is 0 Å². The van der Waals surface area contributed by atoms with Gasteiger partial charge in [0.15, 0.2) is 81.5 Å². The van der Waals surface area contributed by atoms with E-state index in [1.807, 2.05) is 67.0 Å². The third-order valence-electron chi connectivity index (χ3n) is 18.2.